The molecule has 1 aromatic carbocycles. The molecule has 1 heterocycles. The van der Waals surface area contributed by atoms with E-state index < -0.39 is 17.9 Å². The lowest BCUT2D eigenvalue weighted by atomic mass is 10.0. The minimum atomic E-state index is -0.944. The van der Waals surface area contributed by atoms with Crippen molar-refractivity contribution in [2.45, 2.75) is 6.04 Å². The van der Waals surface area contributed by atoms with Gasteiger partial charge in [0.15, 0.2) is 0 Å². The Morgan fingerprint density at radius 1 is 1.28 bits per heavy atom. The first kappa shape index (κ1) is 13.3. The predicted octanol–water partition coefficient (Wildman–Crippen LogP) is 1.12. The van der Waals surface area contributed by atoms with E-state index in [2.05, 4.69) is 27.9 Å². The van der Waals surface area contributed by atoms with Crippen LogP contribution < -0.4 is 5.32 Å². The van der Waals surface area contributed by atoms with Crippen molar-refractivity contribution in [3.63, 3.8) is 0 Å². The van der Waals surface area contributed by atoms with Crippen LogP contribution >= 0.6 is 22.6 Å². The van der Waals surface area contributed by atoms with Gasteiger partial charge in [-0.25, -0.2) is 0 Å². The molecule has 0 radical (unpaired) electrons. The molecule has 96 valence electrons. The molecule has 2 unspecified atom stereocenters. The molecule has 0 saturated carbocycles. The van der Waals surface area contributed by atoms with E-state index in [9.17, 15) is 9.59 Å². The third-order valence-corrected chi connectivity index (χ3v) is 3.54. The van der Waals surface area contributed by atoms with E-state index >= 15 is 0 Å². The summed E-state index contributed by atoms with van der Waals surface area (Å²) >= 11 is 2.15. The Bertz CT molecular complexity index is 460. The van der Waals surface area contributed by atoms with Crippen LogP contribution in [-0.4, -0.2) is 36.2 Å². The Morgan fingerprint density at radius 2 is 1.94 bits per heavy atom. The van der Waals surface area contributed by atoms with E-state index in [-0.39, 0.29) is 19.1 Å². The summed E-state index contributed by atoms with van der Waals surface area (Å²) in [6.07, 6.45) is 0. The van der Waals surface area contributed by atoms with E-state index in [0.717, 1.165) is 3.57 Å². The molecule has 1 saturated heterocycles. The zero-order valence-corrected chi connectivity index (χ0v) is 11.6. The predicted molar refractivity (Wildman–Crippen MR) is 72.4 cm³/mol. The van der Waals surface area contributed by atoms with Crippen molar-refractivity contribution in [2.75, 3.05) is 13.2 Å². The Kier molecular flexibility index (Phi) is 4.18. The molecular weight excluding hydrogens is 349 g/mol. The number of carbonyl (C=O) groups excluding carboxylic acids is 1. The summed E-state index contributed by atoms with van der Waals surface area (Å²) in [6.45, 7) is 0.389. The second-order valence-corrected chi connectivity index (χ2v) is 5.31. The lowest BCUT2D eigenvalue weighted by Gasteiger charge is -2.15. The molecule has 1 fully saturated rings. The maximum absolute atomic E-state index is 11.9. The molecular formula is C12H12INO4. The van der Waals surface area contributed by atoms with E-state index in [1.54, 1.807) is 12.1 Å². The zero-order valence-electron chi connectivity index (χ0n) is 9.43. The number of ether oxygens (including phenoxy) is 1. The summed E-state index contributed by atoms with van der Waals surface area (Å²) in [7, 11) is 0. The Hall–Kier alpha value is -1.15. The van der Waals surface area contributed by atoms with E-state index in [1.807, 2.05) is 12.1 Å². The monoisotopic (exact) mass is 361 g/mol. The normalized spacial score (nSPS) is 22.7. The summed E-state index contributed by atoms with van der Waals surface area (Å²) in [5.41, 5.74) is 0.520. The van der Waals surface area contributed by atoms with Crippen LogP contribution in [0.15, 0.2) is 24.3 Å². The fourth-order valence-corrected chi connectivity index (χ4v) is 2.15. The van der Waals surface area contributed by atoms with Crippen molar-refractivity contribution in [2.24, 2.45) is 5.92 Å². The first-order chi connectivity index (χ1) is 8.58. The van der Waals surface area contributed by atoms with Gasteiger partial charge in [0.1, 0.15) is 5.92 Å². The van der Waals surface area contributed by atoms with E-state index in [4.69, 9.17) is 9.84 Å². The van der Waals surface area contributed by atoms with Gasteiger partial charge in [0.2, 0.25) is 0 Å². The van der Waals surface area contributed by atoms with Crippen LogP contribution in [0.4, 0.5) is 0 Å². The fraction of sp³-hybridized carbons (Fsp3) is 0.333. The quantitative estimate of drug-likeness (QED) is 0.792. The number of carbonyl (C=O) groups is 2. The van der Waals surface area contributed by atoms with Crippen LogP contribution in [0.3, 0.4) is 0 Å². The summed E-state index contributed by atoms with van der Waals surface area (Å²) in [5.74, 6) is -1.88. The average molecular weight is 361 g/mol. The third kappa shape index (κ3) is 2.99. The molecule has 0 spiro atoms. The highest BCUT2D eigenvalue weighted by Crippen LogP contribution is 2.15. The minimum Gasteiger partial charge on any atom is -0.481 e. The van der Waals surface area contributed by atoms with Crippen LogP contribution in [-0.2, 0) is 9.53 Å². The number of benzene rings is 1. The standard InChI is InChI=1S/C12H12INO4/c13-8-3-1-7(2-4-8)11(15)14-10-6-18-5-9(10)12(16)17/h1-4,9-10H,5-6H2,(H,14,15)(H,16,17). The van der Waals surface area contributed by atoms with Gasteiger partial charge in [-0.3, -0.25) is 9.59 Å². The number of rotatable bonds is 3. The van der Waals surface area contributed by atoms with Crippen LogP contribution in [0.5, 0.6) is 0 Å². The fourth-order valence-electron chi connectivity index (χ4n) is 1.79. The summed E-state index contributed by atoms with van der Waals surface area (Å²) < 4.78 is 6.13. The van der Waals surface area contributed by atoms with Gasteiger partial charge in [-0.05, 0) is 46.9 Å². The van der Waals surface area contributed by atoms with Gasteiger partial charge in [-0.1, -0.05) is 0 Å². The lowest BCUT2D eigenvalue weighted by Crippen LogP contribution is -2.42. The number of halogens is 1. The topological polar surface area (TPSA) is 75.6 Å². The molecule has 18 heavy (non-hydrogen) atoms. The van der Waals surface area contributed by atoms with Crippen molar-refractivity contribution in [1.29, 1.82) is 0 Å². The SMILES string of the molecule is O=C(NC1COCC1C(=O)O)c1ccc(I)cc1. The molecule has 5 nitrogen and oxygen atoms in total. The highest BCUT2D eigenvalue weighted by molar-refractivity contribution is 14.1. The molecule has 1 amide bonds. The molecule has 0 aromatic heterocycles. The Balaban J connectivity index is 2.03. The molecule has 2 N–H and O–H groups in total. The summed E-state index contributed by atoms with van der Waals surface area (Å²) in [4.78, 5) is 22.9. The molecule has 2 rings (SSSR count). The van der Waals surface area contributed by atoms with Crippen molar-refractivity contribution in [3.8, 4) is 0 Å². The zero-order chi connectivity index (χ0) is 13.1. The van der Waals surface area contributed by atoms with Crippen molar-refractivity contribution >= 4 is 34.5 Å². The Morgan fingerprint density at radius 3 is 2.56 bits per heavy atom. The maximum Gasteiger partial charge on any atom is 0.311 e. The second-order valence-electron chi connectivity index (χ2n) is 4.07. The van der Waals surface area contributed by atoms with E-state index in [0.29, 0.717) is 5.56 Å². The average Bonchev–Trinajstić information content (AvgIpc) is 2.78. The van der Waals surface area contributed by atoms with Crippen LogP contribution in [0.1, 0.15) is 10.4 Å². The van der Waals surface area contributed by atoms with Gasteiger partial charge in [0.05, 0.1) is 19.3 Å². The molecule has 0 aliphatic carbocycles. The number of carboxylic acid groups (broad SMARTS) is 1. The number of carboxylic acids is 1. The van der Waals surface area contributed by atoms with Gasteiger partial charge in [-0.2, -0.15) is 0 Å². The molecule has 0 bridgehead atoms. The minimum absolute atomic E-state index is 0.146. The van der Waals surface area contributed by atoms with Gasteiger partial charge in [0.25, 0.3) is 5.91 Å². The smallest absolute Gasteiger partial charge is 0.311 e. The van der Waals surface area contributed by atoms with Gasteiger partial charge >= 0.3 is 5.97 Å². The second kappa shape index (κ2) is 5.66. The first-order valence-electron chi connectivity index (χ1n) is 5.45. The number of hydrogen-bond donors (Lipinski definition) is 2. The highest BCUT2D eigenvalue weighted by Gasteiger charge is 2.35. The number of hydrogen-bond acceptors (Lipinski definition) is 3. The van der Waals surface area contributed by atoms with Crippen molar-refractivity contribution in [3.05, 3.63) is 33.4 Å². The van der Waals surface area contributed by atoms with Gasteiger partial charge in [0, 0.05) is 9.13 Å². The van der Waals surface area contributed by atoms with Gasteiger partial charge < -0.3 is 15.2 Å². The maximum atomic E-state index is 11.9. The molecule has 1 aliphatic heterocycles. The third-order valence-electron chi connectivity index (χ3n) is 2.82. The Labute approximate surface area is 118 Å². The number of nitrogens with one attached hydrogen (secondary N) is 1. The van der Waals surface area contributed by atoms with Crippen LogP contribution in [0.25, 0.3) is 0 Å². The first-order valence-corrected chi connectivity index (χ1v) is 6.53. The molecule has 1 aliphatic rings. The van der Waals surface area contributed by atoms with Gasteiger partial charge in [-0.15, -0.1) is 0 Å². The van der Waals surface area contributed by atoms with Crippen molar-refractivity contribution in [1.82, 2.24) is 5.32 Å². The lowest BCUT2D eigenvalue weighted by molar-refractivity contribution is -0.142. The van der Waals surface area contributed by atoms with Crippen molar-refractivity contribution < 1.29 is 19.4 Å². The molecule has 1 aromatic rings. The number of aliphatic carboxylic acids is 1. The number of amides is 1. The molecule has 2 atom stereocenters. The van der Waals surface area contributed by atoms with Crippen LogP contribution in [0.2, 0.25) is 0 Å². The summed E-state index contributed by atoms with van der Waals surface area (Å²) in [5, 5.41) is 11.7. The van der Waals surface area contributed by atoms with Crippen LogP contribution in [0, 0.1) is 9.49 Å². The largest absolute Gasteiger partial charge is 0.481 e. The summed E-state index contributed by atoms with van der Waals surface area (Å²) in [6, 6.07) is 6.62. The highest BCUT2D eigenvalue weighted by atomic mass is 127. The molecule has 6 heteroatoms. The van der Waals surface area contributed by atoms with E-state index in [1.165, 1.54) is 0 Å².